The summed E-state index contributed by atoms with van der Waals surface area (Å²) in [6, 6.07) is 6.24. The van der Waals surface area contributed by atoms with Crippen molar-refractivity contribution in [3.05, 3.63) is 33.8 Å². The van der Waals surface area contributed by atoms with Gasteiger partial charge in [0.15, 0.2) is 0 Å². The standard InChI is InChI=1S/C11H13BrN2O2/c12-9-3-1-2-8-7(9)4-5-10(8)14-16-6-11(13)15/h1-3,10,14H,4-6H2,(H2,13,15). The molecule has 1 aromatic carbocycles. The number of benzene rings is 1. The summed E-state index contributed by atoms with van der Waals surface area (Å²) in [5.41, 5.74) is 10.4. The molecule has 5 heteroatoms. The fourth-order valence-electron chi connectivity index (χ4n) is 1.95. The third-order valence-corrected chi connectivity index (χ3v) is 3.40. The summed E-state index contributed by atoms with van der Waals surface area (Å²) in [6.45, 7) is -0.0974. The van der Waals surface area contributed by atoms with E-state index in [1.807, 2.05) is 12.1 Å². The molecule has 1 aromatic rings. The minimum absolute atomic E-state index is 0.0974. The highest BCUT2D eigenvalue weighted by atomic mass is 79.9. The van der Waals surface area contributed by atoms with E-state index < -0.39 is 5.91 Å². The lowest BCUT2D eigenvalue weighted by molar-refractivity contribution is -0.126. The van der Waals surface area contributed by atoms with Crippen LogP contribution in [0.15, 0.2) is 22.7 Å². The van der Waals surface area contributed by atoms with Gasteiger partial charge in [-0.1, -0.05) is 28.1 Å². The van der Waals surface area contributed by atoms with Crippen molar-refractivity contribution in [1.29, 1.82) is 0 Å². The number of nitrogens with two attached hydrogens (primary N) is 1. The number of amides is 1. The molecule has 2 rings (SSSR count). The predicted molar refractivity (Wildman–Crippen MR) is 63.5 cm³/mol. The van der Waals surface area contributed by atoms with Crippen LogP contribution in [0, 0.1) is 0 Å². The van der Waals surface area contributed by atoms with Crippen molar-refractivity contribution in [2.45, 2.75) is 18.9 Å². The van der Waals surface area contributed by atoms with Crippen LogP contribution >= 0.6 is 15.9 Å². The second-order valence-electron chi connectivity index (χ2n) is 3.77. The van der Waals surface area contributed by atoms with Gasteiger partial charge in [-0.2, -0.15) is 5.48 Å². The molecule has 0 spiro atoms. The van der Waals surface area contributed by atoms with Crippen LogP contribution in [0.3, 0.4) is 0 Å². The van der Waals surface area contributed by atoms with Gasteiger partial charge >= 0.3 is 0 Å². The van der Waals surface area contributed by atoms with Crippen LogP contribution in [0.25, 0.3) is 0 Å². The second-order valence-corrected chi connectivity index (χ2v) is 4.63. The van der Waals surface area contributed by atoms with Crippen LogP contribution in [0.5, 0.6) is 0 Å². The van der Waals surface area contributed by atoms with Gasteiger partial charge in [-0.05, 0) is 30.0 Å². The highest BCUT2D eigenvalue weighted by Crippen LogP contribution is 2.35. The Hall–Kier alpha value is -0.910. The number of fused-ring (bicyclic) bond motifs is 1. The SMILES string of the molecule is NC(=O)CONC1CCc2c(Br)cccc21. The molecule has 0 bridgehead atoms. The van der Waals surface area contributed by atoms with Gasteiger partial charge in [-0.25, -0.2) is 0 Å². The fourth-order valence-corrected chi connectivity index (χ4v) is 2.53. The number of primary amides is 1. The van der Waals surface area contributed by atoms with E-state index in [1.165, 1.54) is 11.1 Å². The number of rotatable bonds is 4. The van der Waals surface area contributed by atoms with Crippen LogP contribution in [-0.4, -0.2) is 12.5 Å². The third-order valence-electron chi connectivity index (χ3n) is 2.65. The number of halogens is 1. The van der Waals surface area contributed by atoms with Crippen molar-refractivity contribution in [2.75, 3.05) is 6.61 Å². The average Bonchev–Trinajstić information content (AvgIpc) is 2.63. The molecule has 4 nitrogen and oxygen atoms in total. The Kier molecular flexibility index (Phi) is 3.58. The Morgan fingerprint density at radius 1 is 1.62 bits per heavy atom. The lowest BCUT2D eigenvalue weighted by Crippen LogP contribution is -2.27. The highest BCUT2D eigenvalue weighted by molar-refractivity contribution is 9.10. The lowest BCUT2D eigenvalue weighted by atomic mass is 10.1. The first-order valence-corrected chi connectivity index (χ1v) is 5.90. The predicted octanol–water partition coefficient (Wildman–Crippen LogP) is 1.44. The van der Waals surface area contributed by atoms with Gasteiger partial charge in [0.2, 0.25) is 5.91 Å². The van der Waals surface area contributed by atoms with Gasteiger partial charge in [0.1, 0.15) is 6.61 Å². The first kappa shape index (κ1) is 11.6. The van der Waals surface area contributed by atoms with E-state index in [9.17, 15) is 4.79 Å². The summed E-state index contributed by atoms with van der Waals surface area (Å²) in [6.07, 6.45) is 1.98. The number of hydrogen-bond acceptors (Lipinski definition) is 3. The summed E-state index contributed by atoms with van der Waals surface area (Å²) in [5.74, 6) is -0.472. The molecule has 16 heavy (non-hydrogen) atoms. The molecule has 0 saturated carbocycles. The van der Waals surface area contributed by atoms with Crippen molar-refractivity contribution in [2.24, 2.45) is 5.73 Å². The summed E-state index contributed by atoms with van der Waals surface area (Å²) in [5, 5.41) is 0. The molecule has 0 fully saturated rings. The largest absolute Gasteiger partial charge is 0.368 e. The van der Waals surface area contributed by atoms with E-state index in [4.69, 9.17) is 10.6 Å². The number of hydrogen-bond donors (Lipinski definition) is 2. The zero-order chi connectivity index (χ0) is 11.5. The second kappa shape index (κ2) is 4.95. The average molecular weight is 285 g/mol. The molecule has 0 aromatic heterocycles. The van der Waals surface area contributed by atoms with E-state index in [0.717, 1.165) is 17.3 Å². The quantitative estimate of drug-likeness (QED) is 0.823. The molecule has 1 unspecified atom stereocenters. The number of carbonyl (C=O) groups is 1. The van der Waals surface area contributed by atoms with Gasteiger partial charge < -0.3 is 5.73 Å². The van der Waals surface area contributed by atoms with E-state index in [0.29, 0.717) is 0 Å². The van der Waals surface area contributed by atoms with Crippen LogP contribution < -0.4 is 11.2 Å². The van der Waals surface area contributed by atoms with Gasteiger partial charge in [-0.15, -0.1) is 0 Å². The topological polar surface area (TPSA) is 64.4 Å². The summed E-state index contributed by atoms with van der Waals surface area (Å²) in [7, 11) is 0. The molecule has 0 aliphatic heterocycles. The maximum Gasteiger partial charge on any atom is 0.245 e. The molecule has 3 N–H and O–H groups in total. The minimum Gasteiger partial charge on any atom is -0.368 e. The van der Waals surface area contributed by atoms with Crippen LogP contribution in [0.4, 0.5) is 0 Å². The third kappa shape index (κ3) is 2.42. The molecule has 0 heterocycles. The Morgan fingerprint density at radius 2 is 2.44 bits per heavy atom. The van der Waals surface area contributed by atoms with Crippen molar-refractivity contribution < 1.29 is 9.63 Å². The Bertz CT molecular complexity index is 409. The van der Waals surface area contributed by atoms with E-state index in [1.54, 1.807) is 0 Å². The zero-order valence-electron chi connectivity index (χ0n) is 8.70. The first-order valence-electron chi connectivity index (χ1n) is 5.11. The monoisotopic (exact) mass is 284 g/mol. The normalized spacial score (nSPS) is 18.4. The van der Waals surface area contributed by atoms with Gasteiger partial charge in [0.25, 0.3) is 0 Å². The summed E-state index contributed by atoms with van der Waals surface area (Å²) in [4.78, 5) is 15.6. The van der Waals surface area contributed by atoms with Crippen molar-refractivity contribution in [1.82, 2.24) is 5.48 Å². The lowest BCUT2D eigenvalue weighted by Gasteiger charge is -2.13. The first-order chi connectivity index (χ1) is 7.68. The summed E-state index contributed by atoms with van der Waals surface area (Å²) >= 11 is 3.52. The molecule has 0 saturated heterocycles. The van der Waals surface area contributed by atoms with Crippen molar-refractivity contribution in [3.63, 3.8) is 0 Å². The molecule has 0 radical (unpaired) electrons. The van der Waals surface area contributed by atoms with Gasteiger partial charge in [0.05, 0.1) is 6.04 Å². The minimum atomic E-state index is -0.472. The number of carbonyl (C=O) groups excluding carboxylic acids is 1. The smallest absolute Gasteiger partial charge is 0.245 e. The molecule has 1 amide bonds. The van der Waals surface area contributed by atoms with Gasteiger partial charge in [-0.3, -0.25) is 9.63 Å². The maximum atomic E-state index is 10.5. The molecule has 1 aliphatic rings. The van der Waals surface area contributed by atoms with Crippen molar-refractivity contribution in [3.8, 4) is 0 Å². The van der Waals surface area contributed by atoms with E-state index in [2.05, 4.69) is 27.5 Å². The van der Waals surface area contributed by atoms with E-state index >= 15 is 0 Å². The Balaban J connectivity index is 2.01. The molecule has 1 atom stereocenters. The van der Waals surface area contributed by atoms with Crippen molar-refractivity contribution >= 4 is 21.8 Å². The maximum absolute atomic E-state index is 10.5. The Labute approximate surface area is 102 Å². The van der Waals surface area contributed by atoms with Crippen LogP contribution in [0.1, 0.15) is 23.6 Å². The molecule has 1 aliphatic carbocycles. The molecule has 86 valence electrons. The van der Waals surface area contributed by atoms with Crippen LogP contribution in [0.2, 0.25) is 0 Å². The summed E-state index contributed by atoms with van der Waals surface area (Å²) < 4.78 is 1.13. The number of hydroxylamine groups is 1. The fraction of sp³-hybridized carbons (Fsp3) is 0.364. The molecular formula is C11H13BrN2O2. The number of nitrogens with one attached hydrogen (secondary N) is 1. The zero-order valence-corrected chi connectivity index (χ0v) is 10.3. The highest BCUT2D eigenvalue weighted by Gasteiger charge is 2.23. The van der Waals surface area contributed by atoms with Gasteiger partial charge in [0, 0.05) is 4.47 Å². The van der Waals surface area contributed by atoms with E-state index in [-0.39, 0.29) is 12.6 Å². The molecular weight excluding hydrogens is 272 g/mol. The van der Waals surface area contributed by atoms with Crippen LogP contribution in [-0.2, 0) is 16.1 Å². The Morgan fingerprint density at radius 3 is 3.19 bits per heavy atom.